The van der Waals surface area contributed by atoms with E-state index in [4.69, 9.17) is 0 Å². The van der Waals surface area contributed by atoms with Gasteiger partial charge in [0.1, 0.15) is 5.69 Å². The number of carbonyl (C=O) groups is 1. The van der Waals surface area contributed by atoms with Crippen LogP contribution in [0.4, 0.5) is 5.95 Å². The largest absolute Gasteiger partial charge is 0.354 e. The van der Waals surface area contributed by atoms with E-state index in [0.717, 1.165) is 24.9 Å². The predicted octanol–water partition coefficient (Wildman–Crippen LogP) is 3.76. The van der Waals surface area contributed by atoms with Crippen molar-refractivity contribution in [2.45, 2.75) is 26.3 Å². The number of amides is 1. The number of anilines is 1. The first kappa shape index (κ1) is 18.6. The summed E-state index contributed by atoms with van der Waals surface area (Å²) in [7, 11) is 0. The van der Waals surface area contributed by atoms with Crippen LogP contribution in [-0.4, -0.2) is 22.4 Å². The van der Waals surface area contributed by atoms with E-state index in [-0.39, 0.29) is 5.91 Å². The molecule has 0 saturated heterocycles. The molecule has 3 aromatic rings. The lowest BCUT2D eigenvalue weighted by atomic mass is 10.1. The summed E-state index contributed by atoms with van der Waals surface area (Å²) in [5.74, 6) is 0.274. The first-order valence-electron chi connectivity index (χ1n) is 9.15. The van der Waals surface area contributed by atoms with Crippen molar-refractivity contribution in [3.05, 3.63) is 89.2 Å². The highest BCUT2D eigenvalue weighted by Crippen LogP contribution is 2.06. The van der Waals surface area contributed by atoms with E-state index in [9.17, 15) is 4.79 Å². The van der Waals surface area contributed by atoms with Crippen LogP contribution in [0.3, 0.4) is 0 Å². The smallest absolute Gasteiger partial charge is 0.270 e. The molecule has 0 fully saturated rings. The quantitative estimate of drug-likeness (QED) is 0.600. The van der Waals surface area contributed by atoms with Gasteiger partial charge in [-0.2, -0.15) is 0 Å². The Hall–Kier alpha value is -3.21. The minimum absolute atomic E-state index is 0.203. The molecule has 138 valence electrons. The Balaban J connectivity index is 1.47. The Bertz CT molecular complexity index is 863. The van der Waals surface area contributed by atoms with E-state index in [2.05, 4.69) is 32.7 Å². The molecule has 0 unspecified atom stereocenters. The maximum atomic E-state index is 12.3. The molecule has 2 N–H and O–H groups in total. The summed E-state index contributed by atoms with van der Waals surface area (Å²) in [5, 5.41) is 6.08. The van der Waals surface area contributed by atoms with Crippen molar-refractivity contribution in [3.8, 4) is 0 Å². The molecule has 1 heterocycles. The van der Waals surface area contributed by atoms with E-state index in [1.165, 1.54) is 11.1 Å². The van der Waals surface area contributed by atoms with Gasteiger partial charge in [-0.25, -0.2) is 9.97 Å². The second-order valence-corrected chi connectivity index (χ2v) is 6.45. The number of benzene rings is 2. The maximum Gasteiger partial charge on any atom is 0.270 e. The molecule has 5 nitrogen and oxygen atoms in total. The van der Waals surface area contributed by atoms with E-state index < -0.39 is 0 Å². The van der Waals surface area contributed by atoms with Gasteiger partial charge in [-0.05, 0) is 37.0 Å². The number of rotatable bonds is 8. The number of hydrogen-bond acceptors (Lipinski definition) is 4. The molecule has 1 aromatic heterocycles. The van der Waals surface area contributed by atoms with Crippen LogP contribution in [0, 0.1) is 6.92 Å². The molecule has 0 aliphatic heterocycles. The Morgan fingerprint density at radius 2 is 1.74 bits per heavy atom. The molecule has 27 heavy (non-hydrogen) atoms. The summed E-state index contributed by atoms with van der Waals surface area (Å²) in [5.41, 5.74) is 3.93. The topological polar surface area (TPSA) is 66.9 Å². The SMILES string of the molecule is Cc1ccc(CNC(=O)c2ccnc(NCCCc3ccccc3)n2)cc1. The first-order valence-corrected chi connectivity index (χ1v) is 9.15. The molecule has 1 amide bonds. The predicted molar refractivity (Wildman–Crippen MR) is 108 cm³/mol. The van der Waals surface area contributed by atoms with Crippen LogP contribution in [0.2, 0.25) is 0 Å². The van der Waals surface area contributed by atoms with Gasteiger partial charge in [0.05, 0.1) is 0 Å². The summed E-state index contributed by atoms with van der Waals surface area (Å²) in [4.78, 5) is 20.8. The zero-order valence-electron chi connectivity index (χ0n) is 15.5. The van der Waals surface area contributed by atoms with E-state index in [1.807, 2.05) is 49.4 Å². The number of hydrogen-bond donors (Lipinski definition) is 2. The summed E-state index contributed by atoms with van der Waals surface area (Å²) in [6.07, 6.45) is 3.56. The second-order valence-electron chi connectivity index (χ2n) is 6.45. The van der Waals surface area contributed by atoms with Crippen molar-refractivity contribution in [1.29, 1.82) is 0 Å². The van der Waals surface area contributed by atoms with Gasteiger partial charge in [0.15, 0.2) is 0 Å². The Labute approximate surface area is 159 Å². The fraction of sp³-hybridized carbons (Fsp3) is 0.227. The number of aromatic nitrogens is 2. The van der Waals surface area contributed by atoms with Gasteiger partial charge in [-0.15, -0.1) is 0 Å². The second kappa shape index (κ2) is 9.48. The van der Waals surface area contributed by atoms with Gasteiger partial charge in [0.2, 0.25) is 5.95 Å². The van der Waals surface area contributed by atoms with Crippen LogP contribution in [0.25, 0.3) is 0 Å². The Kier molecular flexibility index (Phi) is 6.52. The van der Waals surface area contributed by atoms with E-state index in [1.54, 1.807) is 12.3 Å². The van der Waals surface area contributed by atoms with Crippen LogP contribution in [0.15, 0.2) is 66.9 Å². The molecule has 0 aliphatic rings. The van der Waals surface area contributed by atoms with Crippen LogP contribution in [0.5, 0.6) is 0 Å². The molecule has 0 aliphatic carbocycles. The summed E-state index contributed by atoms with van der Waals surface area (Å²) >= 11 is 0. The Morgan fingerprint density at radius 3 is 2.52 bits per heavy atom. The van der Waals surface area contributed by atoms with Crippen molar-refractivity contribution in [2.75, 3.05) is 11.9 Å². The van der Waals surface area contributed by atoms with E-state index in [0.29, 0.717) is 18.2 Å². The highest BCUT2D eigenvalue weighted by molar-refractivity contribution is 5.92. The van der Waals surface area contributed by atoms with Crippen molar-refractivity contribution in [3.63, 3.8) is 0 Å². The molecule has 0 saturated carbocycles. The van der Waals surface area contributed by atoms with Crippen molar-refractivity contribution < 1.29 is 4.79 Å². The molecule has 3 rings (SSSR count). The normalized spacial score (nSPS) is 10.4. The monoisotopic (exact) mass is 360 g/mol. The van der Waals surface area contributed by atoms with E-state index >= 15 is 0 Å². The molecule has 0 spiro atoms. The zero-order chi connectivity index (χ0) is 18.9. The van der Waals surface area contributed by atoms with Crippen LogP contribution < -0.4 is 10.6 Å². The molecule has 0 bridgehead atoms. The highest BCUT2D eigenvalue weighted by atomic mass is 16.1. The summed E-state index contributed by atoms with van der Waals surface area (Å²) < 4.78 is 0. The number of carbonyl (C=O) groups excluding carboxylic acids is 1. The lowest BCUT2D eigenvalue weighted by molar-refractivity contribution is 0.0946. The number of aryl methyl sites for hydroxylation is 2. The number of nitrogens with zero attached hydrogens (tertiary/aromatic N) is 2. The highest BCUT2D eigenvalue weighted by Gasteiger charge is 2.08. The summed E-state index contributed by atoms with van der Waals surface area (Å²) in [6.45, 7) is 3.27. The van der Waals surface area contributed by atoms with Crippen LogP contribution in [-0.2, 0) is 13.0 Å². The van der Waals surface area contributed by atoms with Gasteiger partial charge >= 0.3 is 0 Å². The lowest BCUT2D eigenvalue weighted by Crippen LogP contribution is -2.24. The fourth-order valence-electron chi connectivity index (χ4n) is 2.69. The molecular formula is C22H24N4O. The molecule has 0 atom stereocenters. The third kappa shape index (κ3) is 5.92. The average Bonchev–Trinajstić information content (AvgIpc) is 2.71. The molecule has 0 radical (unpaired) electrons. The molecular weight excluding hydrogens is 336 g/mol. The minimum atomic E-state index is -0.203. The minimum Gasteiger partial charge on any atom is -0.354 e. The number of nitrogens with one attached hydrogen (secondary N) is 2. The average molecular weight is 360 g/mol. The van der Waals surface area contributed by atoms with Gasteiger partial charge in [-0.1, -0.05) is 60.2 Å². The van der Waals surface area contributed by atoms with Crippen molar-refractivity contribution in [2.24, 2.45) is 0 Å². The van der Waals surface area contributed by atoms with Crippen molar-refractivity contribution >= 4 is 11.9 Å². The third-order valence-corrected chi connectivity index (χ3v) is 4.23. The standard InChI is InChI=1S/C22H24N4O/c1-17-9-11-19(12-10-17)16-25-21(27)20-13-15-24-22(26-20)23-14-5-8-18-6-3-2-4-7-18/h2-4,6-7,9-13,15H,5,8,14,16H2,1H3,(H,25,27)(H,23,24,26). The zero-order valence-corrected chi connectivity index (χ0v) is 15.5. The van der Waals surface area contributed by atoms with Crippen molar-refractivity contribution in [1.82, 2.24) is 15.3 Å². The third-order valence-electron chi connectivity index (χ3n) is 4.23. The van der Waals surface area contributed by atoms with Crippen LogP contribution in [0.1, 0.15) is 33.6 Å². The molecule has 5 heteroatoms. The van der Waals surface area contributed by atoms with Gasteiger partial charge in [-0.3, -0.25) is 4.79 Å². The maximum absolute atomic E-state index is 12.3. The first-order chi connectivity index (χ1) is 13.2. The fourth-order valence-corrected chi connectivity index (χ4v) is 2.69. The molecule has 2 aromatic carbocycles. The van der Waals surface area contributed by atoms with Gasteiger partial charge in [0.25, 0.3) is 5.91 Å². The lowest BCUT2D eigenvalue weighted by Gasteiger charge is -2.08. The van der Waals surface area contributed by atoms with Crippen LogP contribution >= 0.6 is 0 Å². The summed E-state index contributed by atoms with van der Waals surface area (Å²) in [6, 6.07) is 20.1. The Morgan fingerprint density at radius 1 is 0.963 bits per heavy atom. The van der Waals surface area contributed by atoms with Gasteiger partial charge in [0, 0.05) is 19.3 Å². The van der Waals surface area contributed by atoms with Gasteiger partial charge < -0.3 is 10.6 Å².